The summed E-state index contributed by atoms with van der Waals surface area (Å²) in [7, 11) is 4.26. The summed E-state index contributed by atoms with van der Waals surface area (Å²) in [6, 6.07) is 12.0. The van der Waals surface area contributed by atoms with Gasteiger partial charge in [-0.05, 0) is 44.3 Å². The Labute approximate surface area is 175 Å². The molecule has 0 unspecified atom stereocenters. The Bertz CT molecular complexity index is 861. The molecule has 2 aromatic rings. The third kappa shape index (κ3) is 6.89. The van der Waals surface area contributed by atoms with Gasteiger partial charge < -0.3 is 19.5 Å². The van der Waals surface area contributed by atoms with Crippen LogP contribution in [0.25, 0.3) is 0 Å². The number of carbonyl (C=O) groups excluding carboxylic acids is 3. The highest BCUT2D eigenvalue weighted by atomic mass is 16.5. The Kier molecular flexibility index (Phi) is 8.37. The smallest absolute Gasteiger partial charge is 0.337 e. The lowest BCUT2D eigenvalue weighted by Gasteiger charge is -2.17. The highest BCUT2D eigenvalue weighted by molar-refractivity contribution is 5.99. The third-order valence-electron chi connectivity index (χ3n) is 4.24. The molecule has 0 aliphatic rings. The minimum Gasteiger partial charge on any atom is -0.492 e. The maximum atomic E-state index is 12.4. The number of esters is 2. The van der Waals surface area contributed by atoms with Gasteiger partial charge in [0.25, 0.3) is 0 Å². The summed E-state index contributed by atoms with van der Waals surface area (Å²) in [6.45, 7) is 3.08. The molecule has 0 atom stereocenters. The van der Waals surface area contributed by atoms with E-state index in [0.717, 1.165) is 11.3 Å². The molecule has 2 rings (SSSR count). The first-order valence-corrected chi connectivity index (χ1v) is 9.32. The number of hydrogen-bond acceptors (Lipinski definition) is 7. The van der Waals surface area contributed by atoms with Crippen LogP contribution in [0.1, 0.15) is 26.3 Å². The second-order valence-electron chi connectivity index (χ2n) is 6.73. The van der Waals surface area contributed by atoms with Gasteiger partial charge in [-0.2, -0.15) is 0 Å². The van der Waals surface area contributed by atoms with Gasteiger partial charge in [0.05, 0.1) is 31.9 Å². The Morgan fingerprint density at radius 3 is 2.03 bits per heavy atom. The van der Waals surface area contributed by atoms with Crippen LogP contribution in [0.5, 0.6) is 5.75 Å². The lowest BCUT2D eigenvalue weighted by atomic mass is 10.1. The van der Waals surface area contributed by atoms with E-state index in [2.05, 4.69) is 5.32 Å². The number of methoxy groups -OCH3 is 2. The molecule has 0 aromatic heterocycles. The zero-order chi connectivity index (χ0) is 22.1. The second-order valence-corrected chi connectivity index (χ2v) is 6.73. The molecule has 0 aliphatic carbocycles. The molecule has 0 radical (unpaired) electrons. The topological polar surface area (TPSA) is 94.2 Å². The molecule has 8 nitrogen and oxygen atoms in total. The summed E-state index contributed by atoms with van der Waals surface area (Å²) in [5.74, 6) is -0.776. The molecule has 0 heterocycles. The molecule has 1 amide bonds. The first-order valence-electron chi connectivity index (χ1n) is 9.32. The fourth-order valence-electron chi connectivity index (χ4n) is 2.65. The quantitative estimate of drug-likeness (QED) is 0.630. The summed E-state index contributed by atoms with van der Waals surface area (Å²) in [4.78, 5) is 37.8. The summed E-state index contributed by atoms with van der Waals surface area (Å²) in [5, 5.41) is 2.69. The normalized spacial score (nSPS) is 10.4. The molecule has 0 fully saturated rings. The Morgan fingerprint density at radius 2 is 1.50 bits per heavy atom. The van der Waals surface area contributed by atoms with Crippen LogP contribution in [0.2, 0.25) is 0 Å². The molecule has 30 heavy (non-hydrogen) atoms. The van der Waals surface area contributed by atoms with Gasteiger partial charge in [-0.25, -0.2) is 9.59 Å². The van der Waals surface area contributed by atoms with Gasteiger partial charge in [-0.15, -0.1) is 0 Å². The van der Waals surface area contributed by atoms with E-state index in [1.807, 2.05) is 31.2 Å². The monoisotopic (exact) mass is 414 g/mol. The molecule has 2 aromatic carbocycles. The molecule has 0 saturated carbocycles. The number of ether oxygens (including phenoxy) is 3. The molecule has 0 spiro atoms. The summed E-state index contributed by atoms with van der Waals surface area (Å²) < 4.78 is 15.0. The molecule has 0 bridgehead atoms. The predicted molar refractivity (Wildman–Crippen MR) is 112 cm³/mol. The van der Waals surface area contributed by atoms with Gasteiger partial charge in [-0.3, -0.25) is 9.69 Å². The van der Waals surface area contributed by atoms with E-state index in [9.17, 15) is 14.4 Å². The highest BCUT2D eigenvalue weighted by Gasteiger charge is 2.15. The summed E-state index contributed by atoms with van der Waals surface area (Å²) in [5.41, 5.74) is 1.72. The van der Waals surface area contributed by atoms with E-state index < -0.39 is 11.9 Å². The first-order chi connectivity index (χ1) is 14.3. The number of anilines is 1. The van der Waals surface area contributed by atoms with E-state index in [0.29, 0.717) is 18.8 Å². The average Bonchev–Trinajstić information content (AvgIpc) is 2.73. The molecule has 8 heteroatoms. The molecule has 0 aliphatic heterocycles. The number of carbonyl (C=O) groups is 3. The molecular formula is C22H26N2O6. The lowest BCUT2D eigenvalue weighted by molar-refractivity contribution is -0.117. The Morgan fingerprint density at radius 1 is 0.933 bits per heavy atom. The number of benzene rings is 2. The van der Waals surface area contributed by atoms with Crippen LogP contribution >= 0.6 is 0 Å². The molecule has 0 saturated heterocycles. The zero-order valence-electron chi connectivity index (χ0n) is 17.6. The van der Waals surface area contributed by atoms with Crippen molar-refractivity contribution in [1.82, 2.24) is 4.90 Å². The fraction of sp³-hybridized carbons (Fsp3) is 0.318. The van der Waals surface area contributed by atoms with E-state index in [1.54, 1.807) is 11.9 Å². The molecule has 1 N–H and O–H groups in total. The SMILES string of the molecule is COC(=O)c1cc(NC(=O)CN(C)CCOc2ccc(C)cc2)cc(C(=O)OC)c1. The average molecular weight is 414 g/mol. The third-order valence-corrected chi connectivity index (χ3v) is 4.24. The van der Waals surface area contributed by atoms with Gasteiger partial charge in [0.2, 0.25) is 5.91 Å². The van der Waals surface area contributed by atoms with Crippen molar-refractivity contribution >= 4 is 23.5 Å². The van der Waals surface area contributed by atoms with Crippen molar-refractivity contribution in [2.45, 2.75) is 6.92 Å². The number of nitrogens with zero attached hydrogens (tertiary/aromatic N) is 1. The summed E-state index contributed by atoms with van der Waals surface area (Å²) >= 11 is 0. The number of amides is 1. The standard InChI is InChI=1S/C22H26N2O6/c1-15-5-7-19(8-6-15)30-10-9-24(2)14-20(25)23-18-12-16(21(26)28-3)11-17(13-18)22(27)29-4/h5-8,11-13H,9-10,14H2,1-4H3,(H,23,25). The van der Waals surface area contributed by atoms with E-state index >= 15 is 0 Å². The number of aryl methyl sites for hydroxylation is 1. The predicted octanol–water partition coefficient (Wildman–Crippen LogP) is 2.52. The number of hydrogen-bond donors (Lipinski definition) is 1. The fourth-order valence-corrected chi connectivity index (χ4v) is 2.65. The first kappa shape index (κ1) is 22.9. The van der Waals surface area contributed by atoms with Crippen LogP contribution in [0.3, 0.4) is 0 Å². The minimum absolute atomic E-state index is 0.104. The maximum Gasteiger partial charge on any atom is 0.337 e. The molecular weight excluding hydrogens is 388 g/mol. The van der Waals surface area contributed by atoms with Crippen LogP contribution < -0.4 is 10.1 Å². The zero-order valence-corrected chi connectivity index (χ0v) is 17.6. The van der Waals surface area contributed by atoms with Crippen molar-refractivity contribution in [2.75, 3.05) is 46.3 Å². The van der Waals surface area contributed by atoms with Crippen molar-refractivity contribution in [2.24, 2.45) is 0 Å². The highest BCUT2D eigenvalue weighted by Crippen LogP contribution is 2.17. The minimum atomic E-state index is -0.623. The van der Waals surface area contributed by atoms with Gasteiger partial charge in [0.15, 0.2) is 0 Å². The van der Waals surface area contributed by atoms with Gasteiger partial charge in [0.1, 0.15) is 12.4 Å². The van der Waals surface area contributed by atoms with Gasteiger partial charge in [-0.1, -0.05) is 17.7 Å². The van der Waals surface area contributed by atoms with Crippen molar-refractivity contribution in [3.63, 3.8) is 0 Å². The van der Waals surface area contributed by atoms with E-state index in [-0.39, 0.29) is 23.6 Å². The van der Waals surface area contributed by atoms with Crippen molar-refractivity contribution in [3.8, 4) is 5.75 Å². The summed E-state index contributed by atoms with van der Waals surface area (Å²) in [6.07, 6.45) is 0. The van der Waals surface area contributed by atoms with E-state index in [1.165, 1.54) is 32.4 Å². The maximum absolute atomic E-state index is 12.4. The molecule has 160 valence electrons. The Hall–Kier alpha value is -3.39. The van der Waals surface area contributed by atoms with Crippen molar-refractivity contribution in [3.05, 3.63) is 59.2 Å². The van der Waals surface area contributed by atoms with Gasteiger partial charge in [0, 0.05) is 12.2 Å². The van der Waals surface area contributed by atoms with Crippen LogP contribution in [0.4, 0.5) is 5.69 Å². The number of rotatable bonds is 9. The van der Waals surface area contributed by atoms with Crippen LogP contribution in [0.15, 0.2) is 42.5 Å². The number of likely N-dealkylation sites (N-methyl/N-ethyl adjacent to an activating group) is 1. The van der Waals surface area contributed by atoms with Crippen LogP contribution in [-0.4, -0.2) is 63.7 Å². The second kappa shape index (κ2) is 11.0. The van der Waals surface area contributed by atoms with Gasteiger partial charge >= 0.3 is 11.9 Å². The number of nitrogens with one attached hydrogen (secondary N) is 1. The van der Waals surface area contributed by atoms with Crippen molar-refractivity contribution in [1.29, 1.82) is 0 Å². The van der Waals surface area contributed by atoms with Crippen LogP contribution in [0, 0.1) is 6.92 Å². The Balaban J connectivity index is 1.93. The largest absolute Gasteiger partial charge is 0.492 e. The van der Waals surface area contributed by atoms with Crippen molar-refractivity contribution < 1.29 is 28.6 Å². The lowest BCUT2D eigenvalue weighted by Crippen LogP contribution is -2.33. The van der Waals surface area contributed by atoms with E-state index in [4.69, 9.17) is 14.2 Å². The van der Waals surface area contributed by atoms with Crippen LogP contribution in [-0.2, 0) is 14.3 Å².